The van der Waals surface area contributed by atoms with Gasteiger partial charge in [0.25, 0.3) is 5.91 Å². The summed E-state index contributed by atoms with van der Waals surface area (Å²) in [6, 6.07) is 18.4. The van der Waals surface area contributed by atoms with Gasteiger partial charge in [-0.25, -0.2) is 0 Å². The molecule has 0 saturated carbocycles. The summed E-state index contributed by atoms with van der Waals surface area (Å²) in [4.78, 5) is 14.6. The van der Waals surface area contributed by atoms with E-state index in [0.717, 1.165) is 30.6 Å². The molecular weight excluding hydrogens is 260 g/mol. The highest BCUT2D eigenvalue weighted by molar-refractivity contribution is 6.01. The zero-order chi connectivity index (χ0) is 14.2. The van der Waals surface area contributed by atoms with Gasteiger partial charge >= 0.3 is 0 Å². The van der Waals surface area contributed by atoms with Gasteiger partial charge in [-0.2, -0.15) is 0 Å². The molecule has 2 aliphatic rings. The van der Waals surface area contributed by atoms with E-state index in [0.29, 0.717) is 5.92 Å². The van der Waals surface area contributed by atoms with Crippen LogP contribution < -0.4 is 5.32 Å². The Kier molecular flexibility index (Phi) is 2.92. The van der Waals surface area contributed by atoms with Crippen molar-refractivity contribution in [1.29, 1.82) is 0 Å². The van der Waals surface area contributed by atoms with Crippen molar-refractivity contribution in [1.82, 2.24) is 4.90 Å². The van der Waals surface area contributed by atoms with Gasteiger partial charge in [-0.15, -0.1) is 0 Å². The molecule has 106 valence electrons. The summed E-state index contributed by atoms with van der Waals surface area (Å²) in [6.07, 6.45) is 2.21. The van der Waals surface area contributed by atoms with Crippen molar-refractivity contribution in [2.24, 2.45) is 5.92 Å². The summed E-state index contributed by atoms with van der Waals surface area (Å²) in [5, 5.41) is 3.56. The number of anilines is 1. The van der Waals surface area contributed by atoms with E-state index in [4.69, 9.17) is 0 Å². The minimum atomic E-state index is 0.132. The number of benzene rings is 2. The normalized spacial score (nSPS) is 23.4. The van der Waals surface area contributed by atoms with Crippen molar-refractivity contribution in [3.8, 4) is 0 Å². The molecule has 0 spiro atoms. The molecule has 3 heteroatoms. The maximum atomic E-state index is 12.6. The highest BCUT2D eigenvalue weighted by Crippen LogP contribution is 2.35. The smallest absolute Gasteiger partial charge is 0.257 e. The number of carbonyl (C=O) groups is 1. The third-order valence-electron chi connectivity index (χ3n) is 4.59. The van der Waals surface area contributed by atoms with Crippen LogP contribution in [-0.2, 0) is 6.42 Å². The van der Waals surface area contributed by atoms with E-state index >= 15 is 0 Å². The van der Waals surface area contributed by atoms with Crippen LogP contribution in [0.15, 0.2) is 54.6 Å². The standard InChI is InChI=1S/C18H18N2O/c21-18-15-8-4-5-9-16(15)19-17-14(10-11-20(17)18)12-13-6-2-1-3-7-13/h1-9,14,17,19H,10-12H2/t14-,17-/m0/s1. The minimum absolute atomic E-state index is 0.132. The van der Waals surface area contributed by atoms with Crippen LogP contribution in [0.4, 0.5) is 5.69 Å². The highest BCUT2D eigenvalue weighted by Gasteiger charge is 2.41. The molecule has 0 aliphatic carbocycles. The lowest BCUT2D eigenvalue weighted by Gasteiger charge is -2.35. The Bertz CT molecular complexity index is 668. The fourth-order valence-electron chi connectivity index (χ4n) is 3.52. The maximum absolute atomic E-state index is 12.6. The summed E-state index contributed by atoms with van der Waals surface area (Å²) < 4.78 is 0. The molecular formula is C18H18N2O. The molecule has 2 aromatic carbocycles. The SMILES string of the molecule is O=C1c2ccccc2N[C@@H]2[C@H](Cc3ccccc3)CCN12. The van der Waals surface area contributed by atoms with E-state index in [1.54, 1.807) is 0 Å². The molecule has 1 amide bonds. The van der Waals surface area contributed by atoms with Gasteiger partial charge < -0.3 is 10.2 Å². The van der Waals surface area contributed by atoms with Gasteiger partial charge in [0.05, 0.1) is 5.56 Å². The average Bonchev–Trinajstić information content (AvgIpc) is 2.92. The monoisotopic (exact) mass is 278 g/mol. The van der Waals surface area contributed by atoms with Crippen molar-refractivity contribution in [3.63, 3.8) is 0 Å². The van der Waals surface area contributed by atoms with E-state index < -0.39 is 0 Å². The summed E-state index contributed by atoms with van der Waals surface area (Å²) in [5.74, 6) is 0.648. The topological polar surface area (TPSA) is 32.3 Å². The molecule has 1 N–H and O–H groups in total. The molecule has 3 nitrogen and oxygen atoms in total. The van der Waals surface area contributed by atoms with E-state index in [9.17, 15) is 4.79 Å². The number of hydrogen-bond acceptors (Lipinski definition) is 2. The van der Waals surface area contributed by atoms with E-state index in [1.165, 1.54) is 5.56 Å². The number of amides is 1. The van der Waals surface area contributed by atoms with Crippen LogP contribution in [0, 0.1) is 5.92 Å². The predicted octanol–water partition coefficient (Wildman–Crippen LogP) is 3.14. The maximum Gasteiger partial charge on any atom is 0.257 e. The number of para-hydroxylation sites is 1. The minimum Gasteiger partial charge on any atom is -0.364 e. The van der Waals surface area contributed by atoms with Crippen LogP contribution >= 0.6 is 0 Å². The summed E-state index contributed by atoms with van der Waals surface area (Å²) in [7, 11) is 0. The van der Waals surface area contributed by atoms with Crippen molar-refractivity contribution in [2.45, 2.75) is 19.0 Å². The third-order valence-corrected chi connectivity index (χ3v) is 4.59. The largest absolute Gasteiger partial charge is 0.364 e. The zero-order valence-corrected chi connectivity index (χ0v) is 11.8. The van der Waals surface area contributed by atoms with Gasteiger partial charge in [0.2, 0.25) is 0 Å². The van der Waals surface area contributed by atoms with Gasteiger partial charge in [0.1, 0.15) is 6.17 Å². The lowest BCUT2D eigenvalue weighted by Crippen LogP contribution is -2.47. The van der Waals surface area contributed by atoms with Crippen LogP contribution in [-0.4, -0.2) is 23.5 Å². The third kappa shape index (κ3) is 2.09. The Balaban J connectivity index is 1.60. The van der Waals surface area contributed by atoms with Gasteiger partial charge in [-0.1, -0.05) is 42.5 Å². The van der Waals surface area contributed by atoms with Crippen LogP contribution in [0.25, 0.3) is 0 Å². The number of carbonyl (C=O) groups excluding carboxylic acids is 1. The van der Waals surface area contributed by atoms with Crippen LogP contribution in [0.2, 0.25) is 0 Å². The fourth-order valence-corrected chi connectivity index (χ4v) is 3.52. The molecule has 2 aliphatic heterocycles. The van der Waals surface area contributed by atoms with Crippen molar-refractivity contribution >= 4 is 11.6 Å². The Morgan fingerprint density at radius 1 is 1.05 bits per heavy atom. The molecule has 0 unspecified atom stereocenters. The van der Waals surface area contributed by atoms with Gasteiger partial charge in [-0.05, 0) is 30.5 Å². The van der Waals surface area contributed by atoms with Gasteiger partial charge in [0, 0.05) is 18.2 Å². The molecule has 21 heavy (non-hydrogen) atoms. The van der Waals surface area contributed by atoms with Gasteiger partial charge in [-0.3, -0.25) is 4.79 Å². The number of hydrogen-bond donors (Lipinski definition) is 1. The van der Waals surface area contributed by atoms with E-state index in [2.05, 4.69) is 29.6 Å². The molecule has 1 saturated heterocycles. The Morgan fingerprint density at radius 2 is 1.81 bits per heavy atom. The Morgan fingerprint density at radius 3 is 2.67 bits per heavy atom. The fraction of sp³-hybridized carbons (Fsp3) is 0.278. The van der Waals surface area contributed by atoms with E-state index in [1.807, 2.05) is 35.2 Å². The number of nitrogens with one attached hydrogen (secondary N) is 1. The van der Waals surface area contributed by atoms with Crippen LogP contribution in [0.3, 0.4) is 0 Å². The molecule has 4 rings (SSSR count). The Hall–Kier alpha value is -2.29. The van der Waals surface area contributed by atoms with Crippen molar-refractivity contribution in [3.05, 3.63) is 65.7 Å². The zero-order valence-electron chi connectivity index (χ0n) is 11.8. The van der Waals surface area contributed by atoms with E-state index in [-0.39, 0.29) is 12.1 Å². The lowest BCUT2D eigenvalue weighted by molar-refractivity contribution is 0.0725. The first-order chi connectivity index (χ1) is 10.3. The molecule has 2 heterocycles. The first-order valence-corrected chi connectivity index (χ1v) is 7.53. The number of rotatable bonds is 2. The van der Waals surface area contributed by atoms with Crippen molar-refractivity contribution in [2.75, 3.05) is 11.9 Å². The molecule has 0 bridgehead atoms. The average molecular weight is 278 g/mol. The molecule has 0 aromatic heterocycles. The molecule has 1 fully saturated rings. The van der Waals surface area contributed by atoms with Crippen LogP contribution in [0.5, 0.6) is 0 Å². The number of nitrogens with zero attached hydrogens (tertiary/aromatic N) is 1. The van der Waals surface area contributed by atoms with Crippen LogP contribution in [0.1, 0.15) is 22.3 Å². The Labute approximate surface area is 124 Å². The number of fused-ring (bicyclic) bond motifs is 2. The first-order valence-electron chi connectivity index (χ1n) is 7.53. The molecule has 0 radical (unpaired) electrons. The second-order valence-corrected chi connectivity index (χ2v) is 5.87. The second-order valence-electron chi connectivity index (χ2n) is 5.87. The summed E-state index contributed by atoms with van der Waals surface area (Å²) in [5.41, 5.74) is 3.12. The first kappa shape index (κ1) is 12.5. The second kappa shape index (κ2) is 4.92. The lowest BCUT2D eigenvalue weighted by atomic mass is 9.95. The molecule has 2 aromatic rings. The summed E-state index contributed by atoms with van der Waals surface area (Å²) in [6.45, 7) is 0.850. The summed E-state index contributed by atoms with van der Waals surface area (Å²) >= 11 is 0. The highest BCUT2D eigenvalue weighted by atomic mass is 16.2. The van der Waals surface area contributed by atoms with Crippen molar-refractivity contribution < 1.29 is 4.79 Å². The molecule has 2 atom stereocenters. The van der Waals surface area contributed by atoms with Gasteiger partial charge in [0.15, 0.2) is 0 Å². The predicted molar refractivity (Wildman–Crippen MR) is 83.1 cm³/mol. The quantitative estimate of drug-likeness (QED) is 0.915.